The Balaban J connectivity index is 2.20. The van der Waals surface area contributed by atoms with Crippen molar-refractivity contribution in [2.75, 3.05) is 0 Å². The van der Waals surface area contributed by atoms with Gasteiger partial charge in [0.2, 0.25) is 0 Å². The molecule has 15 heavy (non-hydrogen) atoms. The second kappa shape index (κ2) is 2.83. The van der Waals surface area contributed by atoms with E-state index in [9.17, 15) is 5.11 Å². The van der Waals surface area contributed by atoms with Crippen molar-refractivity contribution in [3.8, 4) is 0 Å². The van der Waals surface area contributed by atoms with Crippen molar-refractivity contribution in [2.45, 2.75) is 32.2 Å². The van der Waals surface area contributed by atoms with Crippen LogP contribution in [0.3, 0.4) is 0 Å². The van der Waals surface area contributed by atoms with E-state index >= 15 is 0 Å². The first-order valence-corrected chi connectivity index (χ1v) is 5.62. The first kappa shape index (κ1) is 9.37. The lowest BCUT2D eigenvalue weighted by molar-refractivity contribution is -0.286. The van der Waals surface area contributed by atoms with Crippen LogP contribution in [0.5, 0.6) is 0 Å². The summed E-state index contributed by atoms with van der Waals surface area (Å²) < 4.78 is 5.84. The Kier molecular flexibility index (Phi) is 1.77. The minimum Gasteiger partial charge on any atom is -0.362 e. The van der Waals surface area contributed by atoms with Gasteiger partial charge in [-0.2, -0.15) is 0 Å². The van der Waals surface area contributed by atoms with E-state index in [0.717, 1.165) is 12.0 Å². The van der Waals surface area contributed by atoms with Crippen LogP contribution < -0.4 is 0 Å². The van der Waals surface area contributed by atoms with Crippen LogP contribution >= 0.6 is 0 Å². The zero-order valence-corrected chi connectivity index (χ0v) is 9.10. The van der Waals surface area contributed by atoms with E-state index in [1.54, 1.807) is 0 Å². The van der Waals surface area contributed by atoms with Crippen LogP contribution in [0.1, 0.15) is 37.5 Å². The lowest BCUT2D eigenvalue weighted by atomic mass is 9.87. The smallest absolute Gasteiger partial charge is 0.196 e. The Morgan fingerprint density at radius 1 is 1.33 bits per heavy atom. The van der Waals surface area contributed by atoms with E-state index in [2.05, 4.69) is 19.9 Å². The average molecular weight is 204 g/mol. The highest BCUT2D eigenvalue weighted by atomic mass is 16.6. The molecule has 2 nitrogen and oxygen atoms in total. The van der Waals surface area contributed by atoms with Crippen molar-refractivity contribution < 1.29 is 9.84 Å². The summed E-state index contributed by atoms with van der Waals surface area (Å²) in [6.07, 6.45) is 1.11. The zero-order chi connectivity index (χ0) is 10.6. The topological polar surface area (TPSA) is 29.5 Å². The molecule has 0 radical (unpaired) electrons. The van der Waals surface area contributed by atoms with Gasteiger partial charge >= 0.3 is 0 Å². The van der Waals surface area contributed by atoms with Crippen molar-refractivity contribution in [3.63, 3.8) is 0 Å². The van der Waals surface area contributed by atoms with Gasteiger partial charge in [-0.25, -0.2) is 0 Å². The Morgan fingerprint density at radius 2 is 2.07 bits per heavy atom. The highest BCUT2D eigenvalue weighted by Gasteiger charge is 2.52. The molecule has 3 rings (SSSR count). The van der Waals surface area contributed by atoms with Crippen molar-refractivity contribution in [1.82, 2.24) is 0 Å². The zero-order valence-electron chi connectivity index (χ0n) is 9.10. The molecule has 80 valence electrons. The minimum atomic E-state index is -1.03. The lowest BCUT2D eigenvalue weighted by Gasteiger charge is -2.38. The summed E-state index contributed by atoms with van der Waals surface area (Å²) in [5, 5.41) is 10.5. The molecule has 0 spiro atoms. The third kappa shape index (κ3) is 1.06. The Labute approximate surface area is 89.9 Å². The number of ether oxygens (including phenoxy) is 1. The average Bonchev–Trinajstić information content (AvgIpc) is 2.50. The molecule has 2 aliphatic heterocycles. The van der Waals surface area contributed by atoms with Gasteiger partial charge in [0.25, 0.3) is 0 Å². The second-order valence-corrected chi connectivity index (χ2v) is 4.94. The number of benzene rings is 1. The Hall–Kier alpha value is -0.860. The van der Waals surface area contributed by atoms with Gasteiger partial charge in [-0.3, -0.25) is 0 Å². The molecular weight excluding hydrogens is 188 g/mol. The third-order valence-corrected chi connectivity index (χ3v) is 3.87. The molecule has 1 N–H and O–H groups in total. The van der Waals surface area contributed by atoms with Gasteiger partial charge in [0.05, 0.1) is 6.10 Å². The van der Waals surface area contributed by atoms with E-state index in [0.29, 0.717) is 5.92 Å². The molecule has 2 bridgehead atoms. The van der Waals surface area contributed by atoms with Crippen LogP contribution in [0.25, 0.3) is 0 Å². The molecular formula is C13H16O2. The third-order valence-electron chi connectivity index (χ3n) is 3.87. The van der Waals surface area contributed by atoms with Crippen molar-refractivity contribution in [3.05, 3.63) is 35.4 Å². The van der Waals surface area contributed by atoms with Gasteiger partial charge in [-0.05, 0) is 17.9 Å². The number of hydrogen-bond donors (Lipinski definition) is 1. The second-order valence-electron chi connectivity index (χ2n) is 4.94. The largest absolute Gasteiger partial charge is 0.362 e. The molecule has 1 aromatic carbocycles. The maximum Gasteiger partial charge on any atom is 0.196 e. The molecule has 2 heteroatoms. The standard InChI is InChI=1S/C13H16O2/c1-8-7-9(2)13(14)11-6-4-3-5-10(11)12(8)15-13/h3-6,8-9,12,14H,7H2,1-2H3/t8-,9+,12+,13-/m0/s1. The molecule has 4 atom stereocenters. The molecule has 1 fully saturated rings. The van der Waals surface area contributed by atoms with Crippen LogP contribution in [-0.4, -0.2) is 5.11 Å². The van der Waals surface area contributed by atoms with Crippen molar-refractivity contribution in [2.24, 2.45) is 11.8 Å². The molecule has 2 heterocycles. The summed E-state index contributed by atoms with van der Waals surface area (Å²) in [6, 6.07) is 8.05. The van der Waals surface area contributed by atoms with E-state index in [1.165, 1.54) is 5.56 Å². The van der Waals surface area contributed by atoms with E-state index in [4.69, 9.17) is 4.74 Å². The Morgan fingerprint density at radius 3 is 2.87 bits per heavy atom. The minimum absolute atomic E-state index is 0.0856. The molecule has 0 aromatic heterocycles. The van der Waals surface area contributed by atoms with E-state index < -0.39 is 5.79 Å². The van der Waals surface area contributed by atoms with Gasteiger partial charge in [-0.15, -0.1) is 0 Å². The molecule has 0 amide bonds. The number of fused-ring (bicyclic) bond motifs is 5. The number of hydrogen-bond acceptors (Lipinski definition) is 2. The molecule has 0 aliphatic carbocycles. The van der Waals surface area contributed by atoms with Gasteiger partial charge in [0.1, 0.15) is 0 Å². The number of rotatable bonds is 0. The molecule has 1 aromatic rings. The fourth-order valence-corrected chi connectivity index (χ4v) is 3.04. The molecule has 1 saturated heterocycles. The lowest BCUT2D eigenvalue weighted by Crippen LogP contribution is -2.38. The van der Waals surface area contributed by atoms with Crippen LogP contribution in [-0.2, 0) is 10.5 Å². The fraction of sp³-hybridized carbons (Fsp3) is 0.538. The Bertz CT molecular complexity index is 401. The maximum absolute atomic E-state index is 10.5. The quantitative estimate of drug-likeness (QED) is 0.703. The summed E-state index contributed by atoms with van der Waals surface area (Å²) in [4.78, 5) is 0. The normalized spacial score (nSPS) is 42.7. The fourth-order valence-electron chi connectivity index (χ4n) is 3.04. The maximum atomic E-state index is 10.5. The summed E-state index contributed by atoms with van der Waals surface area (Å²) >= 11 is 0. The van der Waals surface area contributed by atoms with Gasteiger partial charge in [-0.1, -0.05) is 38.1 Å². The SMILES string of the molecule is C[C@@H]1C[C@H](C)[C@H]2O[C@]1(O)c1ccccc12. The van der Waals surface area contributed by atoms with Crippen molar-refractivity contribution in [1.29, 1.82) is 0 Å². The molecule has 0 unspecified atom stereocenters. The van der Waals surface area contributed by atoms with E-state index in [-0.39, 0.29) is 12.0 Å². The van der Waals surface area contributed by atoms with Crippen LogP contribution in [0.2, 0.25) is 0 Å². The van der Waals surface area contributed by atoms with Gasteiger partial charge in [0, 0.05) is 11.5 Å². The van der Waals surface area contributed by atoms with Crippen molar-refractivity contribution >= 4 is 0 Å². The molecule has 2 aliphatic rings. The predicted molar refractivity (Wildman–Crippen MR) is 57.1 cm³/mol. The first-order valence-electron chi connectivity index (χ1n) is 5.62. The summed E-state index contributed by atoms with van der Waals surface area (Å²) in [6.45, 7) is 4.26. The molecule has 0 saturated carbocycles. The summed E-state index contributed by atoms with van der Waals surface area (Å²) in [5.74, 6) is -0.371. The highest BCUT2D eigenvalue weighted by Crippen LogP contribution is 2.55. The van der Waals surface area contributed by atoms with Gasteiger partial charge in [0.15, 0.2) is 5.79 Å². The van der Waals surface area contributed by atoms with Crippen LogP contribution in [0, 0.1) is 11.8 Å². The van der Waals surface area contributed by atoms with Gasteiger partial charge < -0.3 is 9.84 Å². The van der Waals surface area contributed by atoms with E-state index in [1.807, 2.05) is 18.2 Å². The number of aliphatic hydroxyl groups is 1. The monoisotopic (exact) mass is 204 g/mol. The van der Waals surface area contributed by atoms with Crippen LogP contribution in [0.15, 0.2) is 24.3 Å². The summed E-state index contributed by atoms with van der Waals surface area (Å²) in [7, 11) is 0. The summed E-state index contributed by atoms with van der Waals surface area (Å²) in [5.41, 5.74) is 2.16. The predicted octanol–water partition coefficient (Wildman–Crippen LogP) is 2.58. The van der Waals surface area contributed by atoms with Crippen LogP contribution in [0.4, 0.5) is 0 Å². The highest BCUT2D eigenvalue weighted by molar-refractivity contribution is 5.38. The first-order chi connectivity index (χ1) is 7.13.